The summed E-state index contributed by atoms with van der Waals surface area (Å²) in [4.78, 5) is 6.29. The third kappa shape index (κ3) is 3.29. The third-order valence-corrected chi connectivity index (χ3v) is 4.49. The topological polar surface area (TPSA) is 63.4 Å². The Morgan fingerprint density at radius 2 is 2.06 bits per heavy atom. The number of aromatic nitrogens is 1. The van der Waals surface area contributed by atoms with Gasteiger partial charge in [0.15, 0.2) is 15.7 Å². The third-order valence-electron chi connectivity index (χ3n) is 2.88. The van der Waals surface area contributed by atoms with Gasteiger partial charge in [-0.25, -0.2) is 13.4 Å². The van der Waals surface area contributed by atoms with Gasteiger partial charge in [-0.2, -0.15) is 0 Å². The quantitative estimate of drug-likeness (QED) is 0.810. The van der Waals surface area contributed by atoms with Gasteiger partial charge in [-0.15, -0.1) is 0 Å². The Bertz CT molecular complexity index is 465. The molecule has 5 nitrogen and oxygen atoms in total. The largest absolute Gasteiger partial charge is 0.444 e. The number of sulfone groups is 1. The minimum Gasteiger partial charge on any atom is -0.444 e. The van der Waals surface area contributed by atoms with Crippen molar-refractivity contribution in [2.45, 2.75) is 26.3 Å². The van der Waals surface area contributed by atoms with Gasteiger partial charge in [0.1, 0.15) is 5.76 Å². The van der Waals surface area contributed by atoms with Gasteiger partial charge in [0, 0.05) is 19.0 Å². The van der Waals surface area contributed by atoms with Gasteiger partial charge in [0.05, 0.1) is 24.2 Å². The second kappa shape index (κ2) is 4.78. The predicted molar refractivity (Wildman–Crippen MR) is 64.5 cm³/mol. The fourth-order valence-electron chi connectivity index (χ4n) is 1.79. The van der Waals surface area contributed by atoms with Crippen LogP contribution in [0.2, 0.25) is 0 Å². The van der Waals surface area contributed by atoms with E-state index in [0.717, 1.165) is 11.7 Å². The Morgan fingerprint density at radius 3 is 2.59 bits per heavy atom. The SMILES string of the molecule is CC(C)c1ncc(CN2CCS(=O)(=O)CC2)o1. The van der Waals surface area contributed by atoms with E-state index < -0.39 is 9.84 Å². The summed E-state index contributed by atoms with van der Waals surface area (Å²) < 4.78 is 28.2. The highest BCUT2D eigenvalue weighted by Gasteiger charge is 2.22. The van der Waals surface area contributed by atoms with Crippen molar-refractivity contribution in [1.82, 2.24) is 9.88 Å². The molecule has 1 aliphatic heterocycles. The molecular weight excluding hydrogens is 240 g/mol. The number of hydrogen-bond acceptors (Lipinski definition) is 5. The lowest BCUT2D eigenvalue weighted by atomic mass is 10.2. The lowest BCUT2D eigenvalue weighted by molar-refractivity contribution is 0.258. The molecule has 2 rings (SSSR count). The minimum absolute atomic E-state index is 0.248. The predicted octanol–water partition coefficient (Wildman–Crippen LogP) is 1.03. The summed E-state index contributed by atoms with van der Waals surface area (Å²) in [5.41, 5.74) is 0. The summed E-state index contributed by atoms with van der Waals surface area (Å²) in [6.07, 6.45) is 1.73. The van der Waals surface area contributed by atoms with Gasteiger partial charge in [0.25, 0.3) is 0 Å². The van der Waals surface area contributed by atoms with E-state index in [4.69, 9.17) is 4.42 Å². The van der Waals surface area contributed by atoms with Gasteiger partial charge >= 0.3 is 0 Å². The van der Waals surface area contributed by atoms with Gasteiger partial charge < -0.3 is 4.42 Å². The number of rotatable bonds is 3. The van der Waals surface area contributed by atoms with Crippen molar-refractivity contribution in [2.75, 3.05) is 24.6 Å². The van der Waals surface area contributed by atoms with Gasteiger partial charge in [0.2, 0.25) is 0 Å². The molecule has 0 bridgehead atoms. The molecule has 0 spiro atoms. The number of oxazole rings is 1. The first-order chi connectivity index (χ1) is 7.96. The highest BCUT2D eigenvalue weighted by Crippen LogP contribution is 2.16. The van der Waals surface area contributed by atoms with Crippen LogP contribution < -0.4 is 0 Å². The monoisotopic (exact) mass is 258 g/mol. The molecule has 96 valence electrons. The zero-order valence-corrected chi connectivity index (χ0v) is 11.0. The van der Waals surface area contributed by atoms with Crippen molar-refractivity contribution in [3.05, 3.63) is 17.8 Å². The molecule has 0 atom stereocenters. The maximum absolute atomic E-state index is 11.3. The fraction of sp³-hybridized carbons (Fsp3) is 0.727. The van der Waals surface area contributed by atoms with Crippen LogP contribution in [-0.4, -0.2) is 42.9 Å². The molecular formula is C11H18N2O3S. The van der Waals surface area contributed by atoms with E-state index in [0.29, 0.717) is 19.6 Å². The number of nitrogens with zero attached hydrogens (tertiary/aromatic N) is 2. The Balaban J connectivity index is 1.93. The molecule has 0 radical (unpaired) electrons. The molecule has 1 aromatic rings. The first kappa shape index (κ1) is 12.6. The van der Waals surface area contributed by atoms with Gasteiger partial charge in [-0.3, -0.25) is 4.90 Å². The first-order valence-electron chi connectivity index (χ1n) is 5.84. The molecule has 0 aromatic carbocycles. The zero-order chi connectivity index (χ0) is 12.5. The summed E-state index contributed by atoms with van der Waals surface area (Å²) in [5, 5.41) is 0. The smallest absolute Gasteiger partial charge is 0.196 e. The molecule has 6 heteroatoms. The van der Waals surface area contributed by atoms with E-state index >= 15 is 0 Å². The van der Waals surface area contributed by atoms with Crippen LogP contribution in [0.3, 0.4) is 0 Å². The molecule has 2 heterocycles. The standard InChI is InChI=1S/C11H18N2O3S/c1-9(2)11-12-7-10(16-11)8-13-3-5-17(14,15)6-4-13/h7,9H,3-6,8H2,1-2H3. The van der Waals surface area contributed by atoms with E-state index in [1.807, 2.05) is 13.8 Å². The van der Waals surface area contributed by atoms with E-state index in [9.17, 15) is 8.42 Å². The normalized spacial score (nSPS) is 20.9. The number of hydrogen-bond donors (Lipinski definition) is 0. The van der Waals surface area contributed by atoms with Crippen molar-refractivity contribution in [3.8, 4) is 0 Å². The van der Waals surface area contributed by atoms with Gasteiger partial charge in [-0.1, -0.05) is 13.8 Å². The maximum Gasteiger partial charge on any atom is 0.196 e. The highest BCUT2D eigenvalue weighted by molar-refractivity contribution is 7.91. The molecule has 17 heavy (non-hydrogen) atoms. The van der Waals surface area contributed by atoms with E-state index in [-0.39, 0.29) is 17.4 Å². The molecule has 1 aromatic heterocycles. The van der Waals surface area contributed by atoms with Gasteiger partial charge in [-0.05, 0) is 0 Å². The fourth-order valence-corrected chi connectivity index (χ4v) is 3.07. The van der Waals surface area contributed by atoms with E-state index in [1.165, 1.54) is 0 Å². The Kier molecular flexibility index (Phi) is 3.53. The minimum atomic E-state index is -2.80. The van der Waals surface area contributed by atoms with Crippen LogP contribution in [-0.2, 0) is 16.4 Å². The van der Waals surface area contributed by atoms with Crippen LogP contribution in [0.4, 0.5) is 0 Å². The van der Waals surface area contributed by atoms with Crippen LogP contribution in [0.5, 0.6) is 0 Å². The summed E-state index contributed by atoms with van der Waals surface area (Å²) in [6, 6.07) is 0. The van der Waals surface area contributed by atoms with Crippen molar-refractivity contribution in [1.29, 1.82) is 0 Å². The zero-order valence-electron chi connectivity index (χ0n) is 10.2. The molecule has 0 N–H and O–H groups in total. The molecule has 1 aliphatic rings. The van der Waals surface area contributed by atoms with Crippen LogP contribution >= 0.6 is 0 Å². The van der Waals surface area contributed by atoms with Crippen molar-refractivity contribution in [2.24, 2.45) is 0 Å². The molecule has 0 unspecified atom stereocenters. The molecule has 0 saturated carbocycles. The first-order valence-corrected chi connectivity index (χ1v) is 7.66. The average molecular weight is 258 g/mol. The summed E-state index contributed by atoms with van der Waals surface area (Å²) in [5.74, 6) is 2.33. The summed E-state index contributed by atoms with van der Waals surface area (Å²) in [6.45, 7) is 5.88. The Hall–Kier alpha value is -0.880. The highest BCUT2D eigenvalue weighted by atomic mass is 32.2. The molecule has 1 saturated heterocycles. The molecule has 1 fully saturated rings. The second-order valence-electron chi connectivity index (χ2n) is 4.75. The summed E-state index contributed by atoms with van der Waals surface area (Å²) >= 11 is 0. The van der Waals surface area contributed by atoms with Crippen LogP contribution in [0, 0.1) is 0 Å². The molecule has 0 amide bonds. The summed E-state index contributed by atoms with van der Waals surface area (Å²) in [7, 11) is -2.80. The lowest BCUT2D eigenvalue weighted by Gasteiger charge is -2.25. The Morgan fingerprint density at radius 1 is 1.41 bits per heavy atom. The Labute approximate surface area is 102 Å². The lowest BCUT2D eigenvalue weighted by Crippen LogP contribution is -2.39. The maximum atomic E-state index is 11.3. The van der Waals surface area contributed by atoms with Crippen molar-refractivity contribution < 1.29 is 12.8 Å². The van der Waals surface area contributed by atoms with E-state index in [2.05, 4.69) is 9.88 Å². The van der Waals surface area contributed by atoms with Crippen molar-refractivity contribution >= 4 is 9.84 Å². The van der Waals surface area contributed by atoms with Crippen LogP contribution in [0.1, 0.15) is 31.4 Å². The van der Waals surface area contributed by atoms with Crippen molar-refractivity contribution in [3.63, 3.8) is 0 Å². The van der Waals surface area contributed by atoms with Crippen LogP contribution in [0.15, 0.2) is 10.6 Å². The average Bonchev–Trinajstić information content (AvgIpc) is 2.70. The van der Waals surface area contributed by atoms with E-state index in [1.54, 1.807) is 6.20 Å². The second-order valence-corrected chi connectivity index (χ2v) is 7.05. The van der Waals surface area contributed by atoms with Crippen LogP contribution in [0.25, 0.3) is 0 Å². The molecule has 0 aliphatic carbocycles.